The molecule has 3 atom stereocenters. The van der Waals surface area contributed by atoms with Gasteiger partial charge in [0.15, 0.2) is 0 Å². The first-order valence-electron chi connectivity index (χ1n) is 9.09. The van der Waals surface area contributed by atoms with Crippen molar-refractivity contribution in [3.63, 3.8) is 0 Å². The van der Waals surface area contributed by atoms with Gasteiger partial charge in [-0.15, -0.1) is 0 Å². The maximum Gasteiger partial charge on any atom is 0.137 e. The summed E-state index contributed by atoms with van der Waals surface area (Å²) in [5.41, 5.74) is 3.72. The Labute approximate surface area is 150 Å². The summed E-state index contributed by atoms with van der Waals surface area (Å²) in [6.07, 6.45) is 0.106. The Morgan fingerprint density at radius 2 is 1.56 bits per heavy atom. The van der Waals surface area contributed by atoms with Gasteiger partial charge in [-0.25, -0.2) is 0 Å². The maximum absolute atomic E-state index is 6.44. The van der Waals surface area contributed by atoms with E-state index in [1.165, 1.54) is 16.8 Å². The van der Waals surface area contributed by atoms with Gasteiger partial charge in [-0.2, -0.15) is 0 Å². The van der Waals surface area contributed by atoms with Gasteiger partial charge in [0.25, 0.3) is 0 Å². The summed E-state index contributed by atoms with van der Waals surface area (Å²) in [7, 11) is 2.15. The Kier molecular flexibility index (Phi) is 4.75. The molecule has 0 radical (unpaired) electrons. The fourth-order valence-corrected chi connectivity index (χ4v) is 3.76. The van der Waals surface area contributed by atoms with Gasteiger partial charge in [0.1, 0.15) is 12.3 Å². The first-order chi connectivity index (χ1) is 12.2. The van der Waals surface area contributed by atoms with Gasteiger partial charge < -0.3 is 14.4 Å². The summed E-state index contributed by atoms with van der Waals surface area (Å²) in [6.45, 7) is 5.79. The summed E-state index contributed by atoms with van der Waals surface area (Å²) in [5, 5.41) is 0. The lowest BCUT2D eigenvalue weighted by atomic mass is 10.0. The van der Waals surface area contributed by atoms with Gasteiger partial charge in [-0.1, -0.05) is 42.5 Å². The average Bonchev–Trinajstić information content (AvgIpc) is 2.98. The Bertz CT molecular complexity index is 683. The van der Waals surface area contributed by atoms with Crippen LogP contribution < -0.4 is 4.90 Å². The topological polar surface area (TPSA) is 24.9 Å². The van der Waals surface area contributed by atoms with E-state index in [0.29, 0.717) is 6.04 Å². The normalized spacial score (nSPS) is 27.6. The van der Waals surface area contributed by atoms with E-state index >= 15 is 0 Å². The van der Waals surface area contributed by atoms with Crippen LogP contribution >= 0.6 is 0 Å². The SMILES string of the molecule is C[C@@H]1[C@@H](c2ccccc2)OC(c2ccc(N3CCOCC3)cc2)N1C. The second-order valence-electron chi connectivity index (χ2n) is 6.92. The third-order valence-electron chi connectivity index (χ3n) is 5.41. The highest BCUT2D eigenvalue weighted by molar-refractivity contribution is 5.48. The minimum Gasteiger partial charge on any atom is -0.378 e. The standard InChI is InChI=1S/C21H26N2O2/c1-16-20(17-6-4-3-5-7-17)25-21(22(16)2)18-8-10-19(11-9-18)23-12-14-24-15-13-23/h3-11,16,20-21H,12-15H2,1-2H3/t16-,20+,21?/m1/s1. The number of hydrogen-bond donors (Lipinski definition) is 0. The van der Waals surface area contributed by atoms with Crippen LogP contribution in [0.1, 0.15) is 30.4 Å². The van der Waals surface area contributed by atoms with Crippen LogP contribution in [0.2, 0.25) is 0 Å². The fourth-order valence-electron chi connectivity index (χ4n) is 3.76. The predicted octanol–water partition coefficient (Wildman–Crippen LogP) is 3.61. The molecule has 0 aliphatic carbocycles. The smallest absolute Gasteiger partial charge is 0.137 e. The van der Waals surface area contributed by atoms with Crippen molar-refractivity contribution in [3.05, 3.63) is 65.7 Å². The molecule has 2 aromatic carbocycles. The van der Waals surface area contributed by atoms with E-state index in [1.54, 1.807) is 0 Å². The van der Waals surface area contributed by atoms with E-state index in [9.17, 15) is 0 Å². The molecule has 0 N–H and O–H groups in total. The van der Waals surface area contributed by atoms with Gasteiger partial charge in [0, 0.05) is 24.8 Å². The van der Waals surface area contributed by atoms with Crippen LogP contribution in [0.3, 0.4) is 0 Å². The van der Waals surface area contributed by atoms with E-state index in [4.69, 9.17) is 9.47 Å². The molecule has 0 saturated carbocycles. The lowest BCUT2D eigenvalue weighted by Gasteiger charge is -2.29. The minimum absolute atomic E-state index is 0.000977. The van der Waals surface area contributed by atoms with Crippen molar-refractivity contribution in [2.24, 2.45) is 0 Å². The molecule has 0 amide bonds. The Morgan fingerprint density at radius 3 is 2.24 bits per heavy atom. The second-order valence-corrected chi connectivity index (χ2v) is 6.92. The van der Waals surface area contributed by atoms with Crippen molar-refractivity contribution in [1.82, 2.24) is 4.90 Å². The molecule has 4 heteroatoms. The number of likely N-dealkylation sites (N-methyl/N-ethyl adjacent to an activating group) is 1. The molecule has 2 aliphatic rings. The van der Waals surface area contributed by atoms with Crippen molar-refractivity contribution in [3.8, 4) is 0 Å². The van der Waals surface area contributed by atoms with Gasteiger partial charge in [-0.3, -0.25) is 4.90 Å². The summed E-state index contributed by atoms with van der Waals surface area (Å²) < 4.78 is 11.9. The number of nitrogens with zero attached hydrogens (tertiary/aromatic N) is 2. The van der Waals surface area contributed by atoms with Crippen LogP contribution in [0, 0.1) is 0 Å². The summed E-state index contributed by atoms with van der Waals surface area (Å²) in [5.74, 6) is 0. The Morgan fingerprint density at radius 1 is 0.880 bits per heavy atom. The Hall–Kier alpha value is -1.88. The van der Waals surface area contributed by atoms with Crippen molar-refractivity contribution < 1.29 is 9.47 Å². The molecule has 1 unspecified atom stereocenters. The molecule has 2 aliphatic heterocycles. The van der Waals surface area contributed by atoms with Crippen LogP contribution in [0.15, 0.2) is 54.6 Å². The average molecular weight is 338 g/mol. The number of rotatable bonds is 3. The monoisotopic (exact) mass is 338 g/mol. The van der Waals surface area contributed by atoms with Crippen LogP contribution in [0.4, 0.5) is 5.69 Å². The molecule has 0 bridgehead atoms. The van der Waals surface area contributed by atoms with E-state index in [0.717, 1.165) is 26.3 Å². The molecule has 0 spiro atoms. The second kappa shape index (κ2) is 7.16. The third kappa shape index (κ3) is 3.30. The van der Waals surface area contributed by atoms with Crippen LogP contribution in [-0.2, 0) is 9.47 Å². The summed E-state index contributed by atoms with van der Waals surface area (Å²) >= 11 is 0. The zero-order chi connectivity index (χ0) is 17.2. The van der Waals surface area contributed by atoms with E-state index in [-0.39, 0.29) is 12.3 Å². The van der Waals surface area contributed by atoms with E-state index in [1.807, 2.05) is 0 Å². The van der Waals surface area contributed by atoms with Crippen molar-refractivity contribution in [2.45, 2.75) is 25.3 Å². The maximum atomic E-state index is 6.44. The van der Waals surface area contributed by atoms with Gasteiger partial charge in [0.2, 0.25) is 0 Å². The van der Waals surface area contributed by atoms with Crippen molar-refractivity contribution in [2.75, 3.05) is 38.3 Å². The zero-order valence-electron chi connectivity index (χ0n) is 15.0. The number of benzene rings is 2. The molecule has 2 aromatic rings. The van der Waals surface area contributed by atoms with Crippen molar-refractivity contribution >= 4 is 5.69 Å². The van der Waals surface area contributed by atoms with Crippen LogP contribution in [0.25, 0.3) is 0 Å². The quantitative estimate of drug-likeness (QED) is 0.853. The molecule has 132 valence electrons. The summed E-state index contributed by atoms with van der Waals surface area (Å²) in [4.78, 5) is 4.70. The molecule has 4 rings (SSSR count). The molecular weight excluding hydrogens is 312 g/mol. The first-order valence-corrected chi connectivity index (χ1v) is 9.09. The molecule has 25 heavy (non-hydrogen) atoms. The van der Waals surface area contributed by atoms with Crippen molar-refractivity contribution in [1.29, 1.82) is 0 Å². The van der Waals surface area contributed by atoms with Gasteiger partial charge in [-0.05, 0) is 37.2 Å². The van der Waals surface area contributed by atoms with Gasteiger partial charge in [0.05, 0.1) is 13.2 Å². The first kappa shape index (κ1) is 16.6. The third-order valence-corrected chi connectivity index (χ3v) is 5.41. The number of morpholine rings is 1. The lowest BCUT2D eigenvalue weighted by molar-refractivity contribution is 0.00560. The molecule has 4 nitrogen and oxygen atoms in total. The van der Waals surface area contributed by atoms with Gasteiger partial charge >= 0.3 is 0 Å². The molecular formula is C21H26N2O2. The fraction of sp³-hybridized carbons (Fsp3) is 0.429. The largest absolute Gasteiger partial charge is 0.378 e. The molecule has 0 aromatic heterocycles. The Balaban J connectivity index is 1.51. The minimum atomic E-state index is -0.000977. The summed E-state index contributed by atoms with van der Waals surface area (Å²) in [6, 6.07) is 19.7. The van der Waals surface area contributed by atoms with Crippen LogP contribution in [-0.4, -0.2) is 44.3 Å². The van der Waals surface area contributed by atoms with E-state index in [2.05, 4.69) is 78.4 Å². The predicted molar refractivity (Wildman–Crippen MR) is 99.7 cm³/mol. The number of ether oxygens (including phenoxy) is 2. The highest BCUT2D eigenvalue weighted by Gasteiger charge is 2.38. The van der Waals surface area contributed by atoms with Crippen LogP contribution in [0.5, 0.6) is 0 Å². The number of anilines is 1. The highest BCUT2D eigenvalue weighted by Crippen LogP contribution is 2.41. The molecule has 2 saturated heterocycles. The number of hydrogen-bond acceptors (Lipinski definition) is 4. The lowest BCUT2D eigenvalue weighted by Crippen LogP contribution is -2.36. The molecule has 2 fully saturated rings. The zero-order valence-corrected chi connectivity index (χ0v) is 15.0. The highest BCUT2D eigenvalue weighted by atomic mass is 16.5. The molecule has 2 heterocycles. The van der Waals surface area contributed by atoms with E-state index < -0.39 is 0 Å².